The molecule has 0 aromatic heterocycles. The number of hydrogen-bond acceptors (Lipinski definition) is 5. The molecule has 1 aliphatic rings. The Balaban J connectivity index is 2.29. The lowest BCUT2D eigenvalue weighted by Crippen LogP contribution is -2.39. The van der Waals surface area contributed by atoms with Gasteiger partial charge in [0, 0.05) is 0 Å². The molecule has 1 amide bonds. The third kappa shape index (κ3) is 2.51. The van der Waals surface area contributed by atoms with Crippen LogP contribution in [-0.4, -0.2) is 39.1 Å². The first-order chi connectivity index (χ1) is 9.54. The van der Waals surface area contributed by atoms with Crippen LogP contribution in [0.3, 0.4) is 0 Å². The zero-order valence-electron chi connectivity index (χ0n) is 11.9. The zero-order chi connectivity index (χ0) is 14.8. The Morgan fingerprint density at radius 3 is 2.55 bits per heavy atom. The number of fused-ring (bicyclic) bond motifs is 1. The topological polar surface area (TPSA) is 77.0 Å². The van der Waals surface area contributed by atoms with E-state index in [9.17, 15) is 9.90 Å². The molecule has 0 spiro atoms. The van der Waals surface area contributed by atoms with Gasteiger partial charge in [-0.25, -0.2) is 4.79 Å². The fourth-order valence-electron chi connectivity index (χ4n) is 2.51. The van der Waals surface area contributed by atoms with E-state index in [0.717, 1.165) is 17.5 Å². The largest absolute Gasteiger partial charge is 0.493 e. The normalized spacial score (nSPS) is 20.2. The Kier molecular flexibility index (Phi) is 4.04. The molecule has 0 bridgehead atoms. The summed E-state index contributed by atoms with van der Waals surface area (Å²) in [6.45, 7) is 0.0994. The standard InChI is InChI=1S/C14H19NO5/c1-18-11-6-9-4-5-14(17,8-15-13(16)20-3)10(9)7-12(11)19-2/h6-7,17H,4-5,8H2,1-3H3,(H,15,16). The fourth-order valence-corrected chi connectivity index (χ4v) is 2.51. The number of nitrogens with one attached hydrogen (secondary N) is 1. The summed E-state index contributed by atoms with van der Waals surface area (Å²) in [6.07, 6.45) is 0.685. The van der Waals surface area contributed by atoms with Crippen LogP contribution < -0.4 is 14.8 Å². The molecule has 110 valence electrons. The summed E-state index contributed by atoms with van der Waals surface area (Å²) in [5, 5.41) is 13.2. The molecule has 1 aromatic rings. The lowest BCUT2D eigenvalue weighted by atomic mass is 9.95. The molecule has 2 N–H and O–H groups in total. The number of benzene rings is 1. The smallest absolute Gasteiger partial charge is 0.406 e. The SMILES string of the molecule is COC(=O)NCC1(O)CCc2cc(OC)c(OC)cc21. The maximum absolute atomic E-state index is 11.2. The molecule has 1 unspecified atom stereocenters. The molecule has 1 aliphatic carbocycles. The van der Waals surface area contributed by atoms with E-state index in [0.29, 0.717) is 17.9 Å². The number of amides is 1. The van der Waals surface area contributed by atoms with Crippen molar-refractivity contribution < 1.29 is 24.1 Å². The van der Waals surface area contributed by atoms with Crippen LogP contribution in [0.5, 0.6) is 11.5 Å². The number of methoxy groups -OCH3 is 3. The van der Waals surface area contributed by atoms with Gasteiger partial charge in [-0.2, -0.15) is 0 Å². The van der Waals surface area contributed by atoms with Gasteiger partial charge in [-0.3, -0.25) is 0 Å². The number of alkyl carbamates (subject to hydrolysis) is 1. The minimum Gasteiger partial charge on any atom is -0.493 e. The van der Waals surface area contributed by atoms with Crippen molar-refractivity contribution in [1.82, 2.24) is 5.32 Å². The third-order valence-corrected chi connectivity index (χ3v) is 3.63. The summed E-state index contributed by atoms with van der Waals surface area (Å²) >= 11 is 0. The number of carbonyl (C=O) groups excluding carboxylic acids is 1. The molecular weight excluding hydrogens is 262 g/mol. The molecule has 20 heavy (non-hydrogen) atoms. The van der Waals surface area contributed by atoms with Gasteiger partial charge in [0.15, 0.2) is 11.5 Å². The Morgan fingerprint density at radius 1 is 1.30 bits per heavy atom. The van der Waals surface area contributed by atoms with Crippen molar-refractivity contribution in [2.75, 3.05) is 27.9 Å². The Labute approximate surface area is 117 Å². The van der Waals surface area contributed by atoms with Crippen molar-refractivity contribution in [3.63, 3.8) is 0 Å². The van der Waals surface area contributed by atoms with Gasteiger partial charge in [-0.1, -0.05) is 0 Å². The van der Waals surface area contributed by atoms with Crippen LogP contribution in [-0.2, 0) is 16.8 Å². The monoisotopic (exact) mass is 281 g/mol. The Hall–Kier alpha value is -1.95. The average Bonchev–Trinajstić information content (AvgIpc) is 2.80. The molecule has 0 saturated carbocycles. The molecule has 0 saturated heterocycles. The van der Waals surface area contributed by atoms with Crippen molar-refractivity contribution in [2.24, 2.45) is 0 Å². The van der Waals surface area contributed by atoms with Gasteiger partial charge >= 0.3 is 6.09 Å². The van der Waals surface area contributed by atoms with Gasteiger partial charge in [0.1, 0.15) is 5.60 Å². The molecule has 0 radical (unpaired) electrons. The first-order valence-electron chi connectivity index (χ1n) is 6.33. The van der Waals surface area contributed by atoms with Crippen molar-refractivity contribution in [3.8, 4) is 11.5 Å². The van der Waals surface area contributed by atoms with E-state index in [1.54, 1.807) is 20.3 Å². The van der Waals surface area contributed by atoms with Gasteiger partial charge in [-0.15, -0.1) is 0 Å². The quantitative estimate of drug-likeness (QED) is 0.867. The summed E-state index contributed by atoms with van der Waals surface area (Å²) in [5.74, 6) is 1.20. The Morgan fingerprint density at radius 2 is 1.95 bits per heavy atom. The average molecular weight is 281 g/mol. The van der Waals surface area contributed by atoms with E-state index in [1.807, 2.05) is 6.07 Å². The predicted molar refractivity (Wildman–Crippen MR) is 72.2 cm³/mol. The predicted octanol–water partition coefficient (Wildman–Crippen LogP) is 1.19. The molecule has 0 heterocycles. The van der Waals surface area contributed by atoms with Crippen LogP contribution in [0.15, 0.2) is 12.1 Å². The van der Waals surface area contributed by atoms with Crippen molar-refractivity contribution in [1.29, 1.82) is 0 Å². The summed E-state index contributed by atoms with van der Waals surface area (Å²) in [7, 11) is 4.41. The highest BCUT2D eigenvalue weighted by Crippen LogP contribution is 2.42. The van der Waals surface area contributed by atoms with Crippen LogP contribution in [0.4, 0.5) is 4.79 Å². The summed E-state index contributed by atoms with van der Waals surface area (Å²) in [4.78, 5) is 11.2. The fraction of sp³-hybridized carbons (Fsp3) is 0.500. The van der Waals surface area contributed by atoms with Gasteiger partial charge in [0.05, 0.1) is 27.9 Å². The van der Waals surface area contributed by atoms with E-state index >= 15 is 0 Å². The minimum atomic E-state index is -1.11. The third-order valence-electron chi connectivity index (χ3n) is 3.63. The molecule has 1 aromatic carbocycles. The summed E-state index contributed by atoms with van der Waals surface area (Å²) in [5.41, 5.74) is 0.645. The molecule has 1 atom stereocenters. The summed E-state index contributed by atoms with van der Waals surface area (Å²) < 4.78 is 15.0. The lowest BCUT2D eigenvalue weighted by molar-refractivity contribution is 0.0378. The highest BCUT2D eigenvalue weighted by atomic mass is 16.5. The summed E-state index contributed by atoms with van der Waals surface area (Å²) in [6, 6.07) is 3.63. The number of aryl methyl sites for hydroxylation is 1. The molecule has 6 heteroatoms. The highest BCUT2D eigenvalue weighted by molar-refractivity contribution is 5.67. The van der Waals surface area contributed by atoms with E-state index in [-0.39, 0.29) is 6.54 Å². The number of rotatable bonds is 4. The number of ether oxygens (including phenoxy) is 3. The van der Waals surface area contributed by atoms with Crippen LogP contribution in [0.25, 0.3) is 0 Å². The van der Waals surface area contributed by atoms with Gasteiger partial charge < -0.3 is 24.6 Å². The molecule has 0 aliphatic heterocycles. The van der Waals surface area contributed by atoms with Crippen molar-refractivity contribution in [3.05, 3.63) is 23.3 Å². The lowest BCUT2D eigenvalue weighted by Gasteiger charge is -2.24. The second-order valence-corrected chi connectivity index (χ2v) is 4.74. The molecular formula is C14H19NO5. The van der Waals surface area contributed by atoms with E-state index < -0.39 is 11.7 Å². The van der Waals surface area contributed by atoms with Gasteiger partial charge in [0.2, 0.25) is 0 Å². The maximum Gasteiger partial charge on any atom is 0.406 e. The van der Waals surface area contributed by atoms with Crippen LogP contribution in [0.2, 0.25) is 0 Å². The second-order valence-electron chi connectivity index (χ2n) is 4.74. The minimum absolute atomic E-state index is 0.0994. The van der Waals surface area contributed by atoms with Crippen molar-refractivity contribution >= 4 is 6.09 Å². The molecule has 0 fully saturated rings. The number of hydrogen-bond donors (Lipinski definition) is 2. The number of aliphatic hydroxyl groups is 1. The van der Waals surface area contributed by atoms with E-state index in [4.69, 9.17) is 9.47 Å². The first kappa shape index (κ1) is 14.5. The van der Waals surface area contributed by atoms with Crippen LogP contribution in [0.1, 0.15) is 17.5 Å². The van der Waals surface area contributed by atoms with Crippen LogP contribution >= 0.6 is 0 Å². The highest BCUT2D eigenvalue weighted by Gasteiger charge is 2.38. The van der Waals surface area contributed by atoms with Gasteiger partial charge in [-0.05, 0) is 36.1 Å². The van der Waals surface area contributed by atoms with Gasteiger partial charge in [0.25, 0.3) is 0 Å². The first-order valence-corrected chi connectivity index (χ1v) is 6.33. The van der Waals surface area contributed by atoms with E-state index in [2.05, 4.69) is 10.1 Å². The zero-order valence-corrected chi connectivity index (χ0v) is 11.9. The maximum atomic E-state index is 11.2. The van der Waals surface area contributed by atoms with Crippen LogP contribution in [0, 0.1) is 0 Å². The second kappa shape index (κ2) is 5.58. The van der Waals surface area contributed by atoms with E-state index in [1.165, 1.54) is 7.11 Å². The number of carbonyl (C=O) groups is 1. The molecule has 2 rings (SSSR count). The molecule has 6 nitrogen and oxygen atoms in total. The van der Waals surface area contributed by atoms with Crippen molar-refractivity contribution in [2.45, 2.75) is 18.4 Å². The Bertz CT molecular complexity index is 517.